The summed E-state index contributed by atoms with van der Waals surface area (Å²) in [5.74, 6) is 0. The molecular weight excluding hydrogens is 283 g/mol. The Labute approximate surface area is 128 Å². The van der Waals surface area contributed by atoms with Crippen LogP contribution in [0.5, 0.6) is 0 Å². The van der Waals surface area contributed by atoms with Crippen molar-refractivity contribution in [3.05, 3.63) is 42.5 Å². The highest BCUT2D eigenvalue weighted by Crippen LogP contribution is 2.39. The van der Waals surface area contributed by atoms with Crippen LogP contribution in [0.3, 0.4) is 0 Å². The van der Waals surface area contributed by atoms with Crippen molar-refractivity contribution in [2.45, 2.75) is 43.5 Å². The zero-order chi connectivity index (χ0) is 14.0. The lowest BCUT2D eigenvalue weighted by Gasteiger charge is -2.38. The molecule has 3 atom stereocenters. The molecule has 0 saturated heterocycles. The van der Waals surface area contributed by atoms with Gasteiger partial charge in [0.05, 0.1) is 5.60 Å². The summed E-state index contributed by atoms with van der Waals surface area (Å²) in [6.07, 6.45) is 4.84. The van der Waals surface area contributed by atoms with Crippen LogP contribution in [-0.4, -0.2) is 10.9 Å². The summed E-state index contributed by atoms with van der Waals surface area (Å²) >= 11 is 4.73. The molecule has 0 aliphatic heterocycles. The Morgan fingerprint density at radius 3 is 2.75 bits per heavy atom. The van der Waals surface area contributed by atoms with Gasteiger partial charge in [0.2, 0.25) is 0 Å². The van der Waals surface area contributed by atoms with Gasteiger partial charge in [0.1, 0.15) is 0 Å². The predicted octanol–water partition coefficient (Wildman–Crippen LogP) is 4.71. The first kappa shape index (κ1) is 14.4. The summed E-state index contributed by atoms with van der Waals surface area (Å²) < 4.78 is 6.27. The van der Waals surface area contributed by atoms with Crippen LogP contribution >= 0.6 is 21.4 Å². The molecule has 2 aromatic rings. The molecular formula is C17H21OPS. The predicted molar refractivity (Wildman–Crippen MR) is 92.6 cm³/mol. The molecule has 0 amide bonds. The van der Waals surface area contributed by atoms with Crippen LogP contribution < -0.4 is 5.30 Å². The summed E-state index contributed by atoms with van der Waals surface area (Å²) in [7, 11) is 0.407. The minimum Gasteiger partial charge on any atom is -0.350 e. The van der Waals surface area contributed by atoms with E-state index in [1.807, 2.05) is 0 Å². The van der Waals surface area contributed by atoms with Crippen LogP contribution in [0.15, 0.2) is 42.5 Å². The van der Waals surface area contributed by atoms with Crippen molar-refractivity contribution in [2.75, 3.05) is 0 Å². The SMILES string of the molecule is CC1(OPc2ccc3ccccc3c2)CCCCC1S. The maximum atomic E-state index is 6.27. The molecule has 1 aliphatic rings. The third-order valence-corrected chi connectivity index (χ3v) is 6.18. The van der Waals surface area contributed by atoms with E-state index in [0.29, 0.717) is 14.1 Å². The quantitative estimate of drug-likeness (QED) is 0.638. The van der Waals surface area contributed by atoms with E-state index in [2.05, 4.69) is 49.4 Å². The van der Waals surface area contributed by atoms with Crippen LogP contribution in [0, 0.1) is 0 Å². The number of thiol groups is 1. The Hall–Kier alpha value is -0.560. The molecule has 1 nitrogen and oxygen atoms in total. The fourth-order valence-corrected chi connectivity index (χ4v) is 4.26. The summed E-state index contributed by atoms with van der Waals surface area (Å²) in [6.45, 7) is 2.22. The fraction of sp³-hybridized carbons (Fsp3) is 0.412. The number of benzene rings is 2. The summed E-state index contributed by atoms with van der Waals surface area (Å²) in [5, 5.41) is 4.22. The van der Waals surface area contributed by atoms with Crippen molar-refractivity contribution in [3.63, 3.8) is 0 Å². The van der Waals surface area contributed by atoms with Gasteiger partial charge in [0, 0.05) is 19.4 Å². The van der Waals surface area contributed by atoms with Crippen molar-refractivity contribution >= 4 is 37.5 Å². The Morgan fingerprint density at radius 1 is 1.15 bits per heavy atom. The molecule has 0 N–H and O–H groups in total. The van der Waals surface area contributed by atoms with E-state index in [1.165, 1.54) is 35.3 Å². The Morgan fingerprint density at radius 2 is 1.95 bits per heavy atom. The van der Waals surface area contributed by atoms with Gasteiger partial charge < -0.3 is 4.52 Å². The lowest BCUT2D eigenvalue weighted by molar-refractivity contribution is 0.0756. The largest absolute Gasteiger partial charge is 0.350 e. The highest BCUT2D eigenvalue weighted by molar-refractivity contribution is 7.81. The Kier molecular flexibility index (Phi) is 4.35. The van der Waals surface area contributed by atoms with E-state index < -0.39 is 0 Å². The molecule has 2 aromatic carbocycles. The first-order valence-electron chi connectivity index (χ1n) is 7.28. The molecule has 0 heterocycles. The van der Waals surface area contributed by atoms with Crippen LogP contribution in [0.2, 0.25) is 0 Å². The molecule has 3 unspecified atom stereocenters. The van der Waals surface area contributed by atoms with Gasteiger partial charge in [-0.15, -0.1) is 0 Å². The summed E-state index contributed by atoms with van der Waals surface area (Å²) in [6, 6.07) is 15.1. The summed E-state index contributed by atoms with van der Waals surface area (Å²) in [4.78, 5) is 0. The molecule has 3 rings (SSSR count). The number of hydrogen-bond acceptors (Lipinski definition) is 2. The van der Waals surface area contributed by atoms with E-state index in [4.69, 9.17) is 17.2 Å². The van der Waals surface area contributed by atoms with Crippen LogP contribution in [-0.2, 0) is 4.52 Å². The van der Waals surface area contributed by atoms with Crippen molar-refractivity contribution in [1.82, 2.24) is 0 Å². The lowest BCUT2D eigenvalue weighted by Crippen LogP contribution is -2.39. The monoisotopic (exact) mass is 304 g/mol. The van der Waals surface area contributed by atoms with Crippen LogP contribution in [0.1, 0.15) is 32.6 Å². The molecule has 1 aliphatic carbocycles. The highest BCUT2D eigenvalue weighted by Gasteiger charge is 2.35. The second-order valence-electron chi connectivity index (χ2n) is 5.84. The van der Waals surface area contributed by atoms with Gasteiger partial charge in [0.15, 0.2) is 0 Å². The molecule has 0 spiro atoms. The molecule has 1 saturated carbocycles. The minimum atomic E-state index is -0.0640. The van der Waals surface area contributed by atoms with Gasteiger partial charge in [-0.2, -0.15) is 12.6 Å². The summed E-state index contributed by atoms with van der Waals surface area (Å²) in [5.41, 5.74) is -0.0640. The number of hydrogen-bond donors (Lipinski definition) is 1. The molecule has 20 heavy (non-hydrogen) atoms. The third kappa shape index (κ3) is 3.03. The van der Waals surface area contributed by atoms with E-state index >= 15 is 0 Å². The smallest absolute Gasteiger partial charge is 0.0813 e. The zero-order valence-electron chi connectivity index (χ0n) is 11.8. The van der Waals surface area contributed by atoms with Crippen molar-refractivity contribution in [2.24, 2.45) is 0 Å². The van der Waals surface area contributed by atoms with Crippen molar-refractivity contribution in [1.29, 1.82) is 0 Å². The molecule has 0 aromatic heterocycles. The molecule has 1 fully saturated rings. The normalized spacial score (nSPS) is 27.4. The highest BCUT2D eigenvalue weighted by atomic mass is 32.1. The van der Waals surface area contributed by atoms with Crippen molar-refractivity contribution < 1.29 is 4.52 Å². The van der Waals surface area contributed by atoms with Gasteiger partial charge in [-0.25, -0.2) is 0 Å². The fourth-order valence-electron chi connectivity index (χ4n) is 2.83. The van der Waals surface area contributed by atoms with Gasteiger partial charge >= 0.3 is 0 Å². The van der Waals surface area contributed by atoms with Crippen LogP contribution in [0.25, 0.3) is 10.8 Å². The molecule has 3 heteroatoms. The zero-order valence-corrected chi connectivity index (χ0v) is 13.7. The average Bonchev–Trinajstić information content (AvgIpc) is 2.48. The Bertz CT molecular complexity index is 600. The molecule has 0 radical (unpaired) electrons. The third-order valence-electron chi connectivity index (χ3n) is 4.26. The first-order valence-corrected chi connectivity index (χ1v) is 8.71. The topological polar surface area (TPSA) is 9.23 Å². The minimum absolute atomic E-state index is 0.0640. The average molecular weight is 304 g/mol. The molecule has 0 bridgehead atoms. The van der Waals surface area contributed by atoms with E-state index in [-0.39, 0.29) is 5.60 Å². The Balaban J connectivity index is 1.73. The lowest BCUT2D eigenvalue weighted by atomic mass is 9.86. The second kappa shape index (κ2) is 6.05. The van der Waals surface area contributed by atoms with E-state index in [0.717, 1.165) is 6.42 Å². The van der Waals surface area contributed by atoms with Crippen molar-refractivity contribution in [3.8, 4) is 0 Å². The van der Waals surface area contributed by atoms with E-state index in [9.17, 15) is 0 Å². The first-order chi connectivity index (χ1) is 9.67. The maximum absolute atomic E-state index is 6.27. The van der Waals surface area contributed by atoms with Gasteiger partial charge in [0.25, 0.3) is 0 Å². The van der Waals surface area contributed by atoms with Gasteiger partial charge in [-0.3, -0.25) is 0 Å². The number of fused-ring (bicyclic) bond motifs is 1. The van der Waals surface area contributed by atoms with Gasteiger partial charge in [-0.1, -0.05) is 49.2 Å². The molecule has 106 valence electrons. The second-order valence-corrected chi connectivity index (χ2v) is 7.45. The van der Waals surface area contributed by atoms with Crippen LogP contribution in [0.4, 0.5) is 0 Å². The number of rotatable bonds is 3. The van der Waals surface area contributed by atoms with Gasteiger partial charge in [-0.05, 0) is 36.6 Å². The standard InChI is InChI=1S/C17H21OPS/c1-17(11-5-4-8-16(17)20)18-19-15-10-9-13-6-2-3-7-14(13)12-15/h2-3,6-7,9-10,12,16,19-20H,4-5,8,11H2,1H3. The maximum Gasteiger partial charge on any atom is 0.0813 e. The van der Waals surface area contributed by atoms with E-state index in [1.54, 1.807) is 0 Å².